The van der Waals surface area contributed by atoms with Gasteiger partial charge in [0, 0.05) is 6.54 Å². The number of rotatable bonds is 8. The number of piperidine rings is 1. The van der Waals surface area contributed by atoms with E-state index in [2.05, 4.69) is 5.32 Å². The fourth-order valence-electron chi connectivity index (χ4n) is 3.39. The summed E-state index contributed by atoms with van der Waals surface area (Å²) in [6.45, 7) is 4.10. The zero-order valence-corrected chi connectivity index (χ0v) is 17.3. The smallest absolute Gasteiger partial charge is 0.238 e. The molecule has 27 heavy (non-hydrogen) atoms. The minimum atomic E-state index is -3.41. The van der Waals surface area contributed by atoms with Crippen molar-refractivity contribution in [3.05, 3.63) is 23.8 Å². The first-order chi connectivity index (χ1) is 12.8. The second-order valence-electron chi connectivity index (χ2n) is 6.78. The maximum atomic E-state index is 12.8. The number of hydrogen-bond donors (Lipinski definition) is 1. The zero-order valence-electron chi connectivity index (χ0n) is 16.5. The minimum Gasteiger partial charge on any atom is -0.493 e. The van der Waals surface area contributed by atoms with Crippen molar-refractivity contribution in [3.8, 4) is 11.5 Å². The lowest BCUT2D eigenvalue weighted by Crippen LogP contribution is -2.52. The molecule has 1 aliphatic heterocycles. The maximum absolute atomic E-state index is 12.8. The van der Waals surface area contributed by atoms with Crippen LogP contribution in [-0.2, 0) is 14.8 Å². The Hall–Kier alpha value is -1.80. The van der Waals surface area contributed by atoms with Gasteiger partial charge in [-0.25, -0.2) is 8.42 Å². The SMILES string of the molecule is CCCS(=O)(=O)N1CCCCC1C(=O)NC(C)c1ccc(OC)c(OC)c1. The molecule has 0 aromatic heterocycles. The van der Waals surface area contributed by atoms with Crippen molar-refractivity contribution in [1.82, 2.24) is 9.62 Å². The number of amides is 1. The second kappa shape index (κ2) is 9.41. The fourth-order valence-corrected chi connectivity index (χ4v) is 5.14. The molecule has 1 aromatic carbocycles. The summed E-state index contributed by atoms with van der Waals surface area (Å²) >= 11 is 0. The number of sulfonamides is 1. The molecule has 2 unspecified atom stereocenters. The summed E-state index contributed by atoms with van der Waals surface area (Å²) in [4.78, 5) is 12.8. The third kappa shape index (κ3) is 5.13. The molecular formula is C19H30N2O5S. The van der Waals surface area contributed by atoms with E-state index in [-0.39, 0.29) is 17.7 Å². The van der Waals surface area contributed by atoms with Crippen LogP contribution in [0.3, 0.4) is 0 Å². The van der Waals surface area contributed by atoms with Crippen LogP contribution in [0.4, 0.5) is 0 Å². The van der Waals surface area contributed by atoms with E-state index in [1.54, 1.807) is 20.3 Å². The highest BCUT2D eigenvalue weighted by molar-refractivity contribution is 7.89. The van der Waals surface area contributed by atoms with E-state index < -0.39 is 16.1 Å². The molecule has 0 radical (unpaired) electrons. The summed E-state index contributed by atoms with van der Waals surface area (Å²) in [6, 6.07) is 4.54. The Labute approximate surface area is 162 Å². The normalized spacial score (nSPS) is 19.3. The molecule has 0 spiro atoms. The van der Waals surface area contributed by atoms with Gasteiger partial charge in [0.15, 0.2) is 11.5 Å². The Bertz CT molecular complexity index is 750. The Morgan fingerprint density at radius 3 is 2.59 bits per heavy atom. The van der Waals surface area contributed by atoms with Gasteiger partial charge in [0.2, 0.25) is 15.9 Å². The van der Waals surface area contributed by atoms with Gasteiger partial charge in [-0.15, -0.1) is 0 Å². The van der Waals surface area contributed by atoms with Crippen LogP contribution in [-0.4, -0.2) is 51.2 Å². The van der Waals surface area contributed by atoms with Crippen molar-refractivity contribution < 1.29 is 22.7 Å². The van der Waals surface area contributed by atoms with Crippen LogP contribution in [0, 0.1) is 0 Å². The lowest BCUT2D eigenvalue weighted by atomic mass is 10.0. The van der Waals surface area contributed by atoms with Crippen molar-refractivity contribution in [2.45, 2.75) is 51.6 Å². The highest BCUT2D eigenvalue weighted by Gasteiger charge is 2.36. The van der Waals surface area contributed by atoms with E-state index in [0.29, 0.717) is 30.9 Å². The minimum absolute atomic E-state index is 0.0714. The number of methoxy groups -OCH3 is 2. The van der Waals surface area contributed by atoms with E-state index in [0.717, 1.165) is 18.4 Å². The van der Waals surface area contributed by atoms with Crippen LogP contribution in [0.1, 0.15) is 51.1 Å². The summed E-state index contributed by atoms with van der Waals surface area (Å²) in [5.41, 5.74) is 0.861. The molecule has 1 aliphatic rings. The van der Waals surface area contributed by atoms with Crippen LogP contribution in [0.25, 0.3) is 0 Å². The van der Waals surface area contributed by atoms with Crippen molar-refractivity contribution >= 4 is 15.9 Å². The molecule has 2 rings (SSSR count). The number of carbonyl (C=O) groups is 1. The molecule has 0 saturated carbocycles. The number of nitrogens with one attached hydrogen (secondary N) is 1. The van der Waals surface area contributed by atoms with Crippen molar-refractivity contribution in [3.63, 3.8) is 0 Å². The molecule has 2 atom stereocenters. The number of ether oxygens (including phenoxy) is 2. The number of benzene rings is 1. The summed E-state index contributed by atoms with van der Waals surface area (Å²) in [6.07, 6.45) is 2.72. The molecule has 1 aromatic rings. The van der Waals surface area contributed by atoms with Crippen LogP contribution in [0.15, 0.2) is 18.2 Å². The first kappa shape index (κ1) is 21.5. The quantitative estimate of drug-likeness (QED) is 0.727. The monoisotopic (exact) mass is 398 g/mol. The van der Waals surface area contributed by atoms with Crippen LogP contribution in [0.2, 0.25) is 0 Å². The topological polar surface area (TPSA) is 84.9 Å². The molecule has 1 saturated heterocycles. The third-order valence-electron chi connectivity index (χ3n) is 4.84. The van der Waals surface area contributed by atoms with Gasteiger partial charge in [-0.05, 0) is 43.9 Å². The summed E-state index contributed by atoms with van der Waals surface area (Å²) in [5.74, 6) is 1.02. The number of carbonyl (C=O) groups excluding carboxylic acids is 1. The molecule has 1 amide bonds. The Kier molecular flexibility index (Phi) is 7.49. The molecule has 1 N–H and O–H groups in total. The van der Waals surface area contributed by atoms with Gasteiger partial charge in [0.1, 0.15) is 6.04 Å². The Morgan fingerprint density at radius 2 is 1.96 bits per heavy atom. The number of nitrogens with zero attached hydrogens (tertiary/aromatic N) is 1. The van der Waals surface area contributed by atoms with E-state index in [1.807, 2.05) is 26.0 Å². The van der Waals surface area contributed by atoms with Crippen molar-refractivity contribution in [1.29, 1.82) is 0 Å². The third-order valence-corrected chi connectivity index (χ3v) is 6.92. The van der Waals surface area contributed by atoms with Crippen molar-refractivity contribution in [2.24, 2.45) is 0 Å². The van der Waals surface area contributed by atoms with Gasteiger partial charge in [0.25, 0.3) is 0 Å². The summed E-state index contributed by atoms with van der Waals surface area (Å²) in [7, 11) is -0.286. The van der Waals surface area contributed by atoms with Crippen LogP contribution < -0.4 is 14.8 Å². The predicted octanol–water partition coefficient (Wildman–Crippen LogP) is 2.48. The van der Waals surface area contributed by atoms with E-state index >= 15 is 0 Å². The number of hydrogen-bond acceptors (Lipinski definition) is 5. The second-order valence-corrected chi connectivity index (χ2v) is 8.82. The lowest BCUT2D eigenvalue weighted by Gasteiger charge is -2.34. The Morgan fingerprint density at radius 1 is 1.26 bits per heavy atom. The highest BCUT2D eigenvalue weighted by atomic mass is 32.2. The van der Waals surface area contributed by atoms with Crippen LogP contribution in [0.5, 0.6) is 11.5 Å². The maximum Gasteiger partial charge on any atom is 0.238 e. The molecule has 0 bridgehead atoms. The average Bonchev–Trinajstić information content (AvgIpc) is 2.67. The van der Waals surface area contributed by atoms with E-state index in [1.165, 1.54) is 4.31 Å². The lowest BCUT2D eigenvalue weighted by molar-refractivity contribution is -0.126. The summed E-state index contributed by atoms with van der Waals surface area (Å²) in [5, 5.41) is 2.96. The molecule has 1 heterocycles. The van der Waals surface area contributed by atoms with Crippen LogP contribution >= 0.6 is 0 Å². The molecule has 8 heteroatoms. The first-order valence-corrected chi connectivity index (χ1v) is 11.0. The predicted molar refractivity (Wildman–Crippen MR) is 105 cm³/mol. The largest absolute Gasteiger partial charge is 0.493 e. The highest BCUT2D eigenvalue weighted by Crippen LogP contribution is 2.30. The molecule has 7 nitrogen and oxygen atoms in total. The summed E-state index contributed by atoms with van der Waals surface area (Å²) < 4.78 is 37.0. The van der Waals surface area contributed by atoms with Gasteiger partial charge in [-0.3, -0.25) is 4.79 Å². The fraction of sp³-hybridized carbons (Fsp3) is 0.632. The Balaban J connectivity index is 2.14. The molecule has 1 fully saturated rings. The zero-order chi connectivity index (χ0) is 20.0. The standard InChI is InChI=1S/C19H30N2O5S/c1-5-12-27(23,24)21-11-7-6-8-16(21)19(22)20-14(2)15-9-10-17(25-3)18(13-15)26-4/h9-10,13-14,16H,5-8,11-12H2,1-4H3,(H,20,22). The van der Waals surface area contributed by atoms with Gasteiger partial charge in [-0.1, -0.05) is 19.4 Å². The van der Waals surface area contributed by atoms with E-state index in [9.17, 15) is 13.2 Å². The van der Waals surface area contributed by atoms with Gasteiger partial charge >= 0.3 is 0 Å². The first-order valence-electron chi connectivity index (χ1n) is 9.35. The van der Waals surface area contributed by atoms with E-state index in [4.69, 9.17) is 9.47 Å². The molecular weight excluding hydrogens is 368 g/mol. The average molecular weight is 399 g/mol. The van der Waals surface area contributed by atoms with Crippen molar-refractivity contribution in [2.75, 3.05) is 26.5 Å². The van der Waals surface area contributed by atoms with Gasteiger partial charge in [0.05, 0.1) is 26.0 Å². The van der Waals surface area contributed by atoms with Gasteiger partial charge in [-0.2, -0.15) is 4.31 Å². The van der Waals surface area contributed by atoms with Gasteiger partial charge < -0.3 is 14.8 Å². The molecule has 0 aliphatic carbocycles. The molecule has 152 valence electrons.